The molecule has 4 heteroatoms. The van der Waals surface area contributed by atoms with Gasteiger partial charge in [-0.3, -0.25) is 4.68 Å². The summed E-state index contributed by atoms with van der Waals surface area (Å²) in [6.07, 6.45) is 3.64. The largest absolute Gasteiger partial charge is 0.493 e. The third-order valence-electron chi connectivity index (χ3n) is 1.85. The average Bonchev–Trinajstić information content (AvgIpc) is 2.64. The van der Waals surface area contributed by atoms with E-state index in [9.17, 15) is 0 Å². The van der Waals surface area contributed by atoms with Crippen LogP contribution in [0.3, 0.4) is 0 Å². The highest BCUT2D eigenvalue weighted by atomic mass is 16.5. The summed E-state index contributed by atoms with van der Waals surface area (Å²) in [7, 11) is 8.16. The highest BCUT2D eigenvalue weighted by molar-refractivity contribution is 5.10. The molecule has 0 amide bonds. The molecule has 88 valence electrons. The number of rotatable bonds is 4. The lowest BCUT2D eigenvalue weighted by atomic mass is 10.5. The molecule has 15 heavy (non-hydrogen) atoms. The number of aromatic nitrogens is 2. The van der Waals surface area contributed by atoms with E-state index in [1.165, 1.54) is 0 Å². The van der Waals surface area contributed by atoms with Crippen molar-refractivity contribution >= 4 is 0 Å². The van der Waals surface area contributed by atoms with Crippen molar-refractivity contribution in [1.29, 1.82) is 0 Å². The lowest BCUT2D eigenvalue weighted by Crippen LogP contribution is -2.37. The summed E-state index contributed by atoms with van der Waals surface area (Å²) in [4.78, 5) is 0. The highest BCUT2D eigenvalue weighted by Crippen LogP contribution is 2.06. The van der Waals surface area contributed by atoms with Gasteiger partial charge in [0.15, 0.2) is 5.75 Å². The molecule has 0 saturated carbocycles. The van der Waals surface area contributed by atoms with Crippen LogP contribution in [0.25, 0.3) is 0 Å². The van der Waals surface area contributed by atoms with Crippen molar-refractivity contribution in [3.05, 3.63) is 12.4 Å². The molecule has 0 aliphatic rings. The van der Waals surface area contributed by atoms with E-state index in [0.29, 0.717) is 0 Å². The molecule has 0 fully saturated rings. The Hall–Kier alpha value is -1.03. The van der Waals surface area contributed by atoms with Crippen molar-refractivity contribution in [2.75, 3.05) is 34.8 Å². The van der Waals surface area contributed by atoms with Crippen molar-refractivity contribution in [2.45, 2.75) is 20.4 Å². The number of methoxy groups -OCH3 is 1. The maximum atomic E-state index is 5.04. The van der Waals surface area contributed by atoms with Crippen LogP contribution in [0.15, 0.2) is 12.4 Å². The molecule has 0 radical (unpaired) electrons. The quantitative estimate of drug-likeness (QED) is 0.712. The number of hydrogen-bond acceptors (Lipinski definition) is 2. The Morgan fingerprint density at radius 1 is 1.33 bits per heavy atom. The molecule has 1 rings (SSSR count). The third-order valence-corrected chi connectivity index (χ3v) is 1.85. The zero-order valence-electron chi connectivity index (χ0n) is 10.8. The smallest absolute Gasteiger partial charge is 0.156 e. The standard InChI is InChI=1S/C9H18N3O.C2H6/c1-12(2,3)6-5-11-8-9(13-4)7-10-11;1-2/h7-8H,5-6H2,1-4H3;1-2H3/q+1;. The molecule has 1 aromatic heterocycles. The fourth-order valence-corrected chi connectivity index (χ4v) is 0.975. The number of quaternary nitrogens is 1. The molecule has 0 saturated heterocycles. The van der Waals surface area contributed by atoms with Gasteiger partial charge in [-0.25, -0.2) is 0 Å². The van der Waals surface area contributed by atoms with Gasteiger partial charge in [-0.15, -0.1) is 0 Å². The van der Waals surface area contributed by atoms with Crippen LogP contribution >= 0.6 is 0 Å². The predicted molar refractivity (Wildman–Crippen MR) is 63.0 cm³/mol. The van der Waals surface area contributed by atoms with Crippen LogP contribution in [0, 0.1) is 0 Å². The van der Waals surface area contributed by atoms with Gasteiger partial charge in [0.25, 0.3) is 0 Å². The van der Waals surface area contributed by atoms with Gasteiger partial charge in [-0.1, -0.05) is 13.8 Å². The normalized spacial score (nSPS) is 10.5. The second-order valence-electron chi connectivity index (χ2n) is 4.16. The second kappa shape index (κ2) is 6.45. The monoisotopic (exact) mass is 214 g/mol. The predicted octanol–water partition coefficient (Wildman–Crippen LogP) is 1.62. The summed E-state index contributed by atoms with van der Waals surface area (Å²) in [6, 6.07) is 0. The fourth-order valence-electron chi connectivity index (χ4n) is 0.975. The van der Waals surface area contributed by atoms with E-state index in [1.807, 2.05) is 24.7 Å². The van der Waals surface area contributed by atoms with Crippen molar-refractivity contribution < 1.29 is 9.22 Å². The third kappa shape index (κ3) is 6.12. The highest BCUT2D eigenvalue weighted by Gasteiger charge is 2.07. The molecular weight excluding hydrogens is 190 g/mol. The number of likely N-dealkylation sites (N-methyl/N-ethyl adjacent to an activating group) is 1. The molecule has 0 atom stereocenters. The first kappa shape index (κ1) is 14.0. The molecule has 0 aliphatic carbocycles. The number of nitrogens with zero attached hydrogens (tertiary/aromatic N) is 3. The Kier molecular flexibility index (Phi) is 6.01. The first-order valence-electron chi connectivity index (χ1n) is 5.38. The van der Waals surface area contributed by atoms with Crippen LogP contribution in [-0.4, -0.2) is 49.1 Å². The van der Waals surface area contributed by atoms with Crippen LogP contribution in [0.2, 0.25) is 0 Å². The number of ether oxygens (including phenoxy) is 1. The Labute approximate surface area is 93.0 Å². The minimum atomic E-state index is 0.821. The SMILES string of the molecule is CC.COc1cnn(CC[N+](C)(C)C)c1. The van der Waals surface area contributed by atoms with Crippen LogP contribution in [0.4, 0.5) is 0 Å². The van der Waals surface area contributed by atoms with E-state index in [1.54, 1.807) is 13.3 Å². The molecule has 4 nitrogen and oxygen atoms in total. The maximum Gasteiger partial charge on any atom is 0.156 e. The topological polar surface area (TPSA) is 27.1 Å². The lowest BCUT2D eigenvalue weighted by molar-refractivity contribution is -0.871. The molecule has 0 aromatic carbocycles. The maximum absolute atomic E-state index is 5.04. The molecule has 1 aromatic rings. The van der Waals surface area contributed by atoms with E-state index in [4.69, 9.17) is 4.74 Å². The van der Waals surface area contributed by atoms with Crippen molar-refractivity contribution in [2.24, 2.45) is 0 Å². The summed E-state index contributed by atoms with van der Waals surface area (Å²) in [5.41, 5.74) is 0. The van der Waals surface area contributed by atoms with Gasteiger partial charge < -0.3 is 9.22 Å². The Balaban J connectivity index is 0.000000921. The van der Waals surface area contributed by atoms with Gasteiger partial charge in [0.2, 0.25) is 0 Å². The summed E-state index contributed by atoms with van der Waals surface area (Å²) in [5, 5.41) is 4.17. The van der Waals surface area contributed by atoms with Gasteiger partial charge >= 0.3 is 0 Å². The van der Waals surface area contributed by atoms with Crippen molar-refractivity contribution in [3.63, 3.8) is 0 Å². The van der Waals surface area contributed by atoms with Crippen molar-refractivity contribution in [3.8, 4) is 5.75 Å². The van der Waals surface area contributed by atoms with Crippen LogP contribution in [0.5, 0.6) is 5.75 Å². The summed E-state index contributed by atoms with van der Waals surface area (Å²) in [6.45, 7) is 5.98. The molecule has 0 bridgehead atoms. The molecular formula is C11H24N3O+. The number of hydrogen-bond donors (Lipinski definition) is 0. The van der Waals surface area contributed by atoms with Crippen LogP contribution in [0.1, 0.15) is 13.8 Å². The van der Waals surface area contributed by atoms with E-state index >= 15 is 0 Å². The summed E-state index contributed by atoms with van der Waals surface area (Å²) < 4.78 is 7.89. The summed E-state index contributed by atoms with van der Waals surface area (Å²) >= 11 is 0. The van der Waals surface area contributed by atoms with E-state index in [0.717, 1.165) is 23.3 Å². The van der Waals surface area contributed by atoms with Crippen LogP contribution < -0.4 is 4.74 Å². The second-order valence-corrected chi connectivity index (χ2v) is 4.16. The van der Waals surface area contributed by atoms with E-state index in [2.05, 4.69) is 26.2 Å². The van der Waals surface area contributed by atoms with Gasteiger partial charge in [0.05, 0.1) is 53.7 Å². The minimum Gasteiger partial charge on any atom is -0.493 e. The minimum absolute atomic E-state index is 0.821. The van der Waals surface area contributed by atoms with Crippen molar-refractivity contribution in [1.82, 2.24) is 9.78 Å². The molecule has 0 N–H and O–H groups in total. The Morgan fingerprint density at radius 2 is 1.93 bits per heavy atom. The Morgan fingerprint density at radius 3 is 2.33 bits per heavy atom. The van der Waals surface area contributed by atoms with Gasteiger partial charge in [0.1, 0.15) is 0 Å². The fraction of sp³-hybridized carbons (Fsp3) is 0.727. The summed E-state index contributed by atoms with van der Waals surface area (Å²) in [5.74, 6) is 0.821. The zero-order valence-corrected chi connectivity index (χ0v) is 10.8. The molecule has 1 heterocycles. The van der Waals surface area contributed by atoms with E-state index in [-0.39, 0.29) is 0 Å². The molecule has 0 aliphatic heterocycles. The molecule has 0 unspecified atom stereocenters. The van der Waals surface area contributed by atoms with Gasteiger partial charge in [0, 0.05) is 0 Å². The average molecular weight is 214 g/mol. The van der Waals surface area contributed by atoms with Crippen LogP contribution in [-0.2, 0) is 6.54 Å². The first-order valence-corrected chi connectivity index (χ1v) is 5.38. The lowest BCUT2D eigenvalue weighted by Gasteiger charge is -2.23. The van der Waals surface area contributed by atoms with E-state index < -0.39 is 0 Å². The first-order chi connectivity index (χ1) is 7.01. The Bertz CT molecular complexity index is 263. The zero-order chi connectivity index (χ0) is 11.9. The molecule has 0 spiro atoms. The van der Waals surface area contributed by atoms with Gasteiger partial charge in [-0.2, -0.15) is 5.10 Å². The van der Waals surface area contributed by atoms with Gasteiger partial charge in [-0.05, 0) is 0 Å².